The maximum Gasteiger partial charge on any atom is 0.240 e. The van der Waals surface area contributed by atoms with Gasteiger partial charge in [0.15, 0.2) is 0 Å². The summed E-state index contributed by atoms with van der Waals surface area (Å²) in [4.78, 5) is 17.7. The van der Waals surface area contributed by atoms with Gasteiger partial charge in [-0.15, -0.1) is 0 Å². The first-order valence-corrected chi connectivity index (χ1v) is 9.85. The van der Waals surface area contributed by atoms with Gasteiger partial charge in [0, 0.05) is 38.1 Å². The molecule has 26 heavy (non-hydrogen) atoms. The number of benzene rings is 1. The van der Waals surface area contributed by atoms with E-state index in [1.165, 1.54) is 5.56 Å². The molecule has 3 rings (SSSR count). The molecular weight excluding hydrogens is 326 g/mol. The maximum atomic E-state index is 13.4. The summed E-state index contributed by atoms with van der Waals surface area (Å²) in [5, 5.41) is 0. The summed E-state index contributed by atoms with van der Waals surface area (Å²) < 4.78 is 5.86. The van der Waals surface area contributed by atoms with Crippen molar-refractivity contribution in [2.24, 2.45) is 11.7 Å². The van der Waals surface area contributed by atoms with E-state index in [0.717, 1.165) is 13.1 Å². The van der Waals surface area contributed by atoms with E-state index < -0.39 is 0 Å². The van der Waals surface area contributed by atoms with Crippen molar-refractivity contribution in [2.75, 3.05) is 26.2 Å². The Morgan fingerprint density at radius 1 is 1.08 bits per heavy atom. The number of amides is 1. The highest BCUT2D eigenvalue weighted by Gasteiger charge is 2.40. The summed E-state index contributed by atoms with van der Waals surface area (Å²) in [6.45, 7) is 11.4. The minimum absolute atomic E-state index is 0.00306. The van der Waals surface area contributed by atoms with Crippen LogP contribution >= 0.6 is 0 Å². The number of morpholine rings is 1. The fourth-order valence-electron chi connectivity index (χ4n) is 4.56. The van der Waals surface area contributed by atoms with Crippen LogP contribution in [0.25, 0.3) is 0 Å². The average molecular weight is 360 g/mol. The number of nitrogens with two attached hydrogens (primary N) is 1. The molecule has 0 spiro atoms. The summed E-state index contributed by atoms with van der Waals surface area (Å²) in [5.41, 5.74) is 7.64. The highest BCUT2D eigenvalue weighted by molar-refractivity contribution is 5.82. The number of rotatable bonds is 4. The molecule has 0 aliphatic carbocycles. The minimum atomic E-state index is -0.106. The van der Waals surface area contributed by atoms with E-state index in [0.29, 0.717) is 13.1 Å². The van der Waals surface area contributed by atoms with Gasteiger partial charge in [-0.2, -0.15) is 0 Å². The van der Waals surface area contributed by atoms with Crippen molar-refractivity contribution in [1.82, 2.24) is 9.80 Å². The van der Waals surface area contributed by atoms with E-state index in [2.05, 4.69) is 44.7 Å². The fourth-order valence-corrected chi connectivity index (χ4v) is 4.56. The van der Waals surface area contributed by atoms with Gasteiger partial charge in [0.1, 0.15) is 0 Å². The molecule has 5 atom stereocenters. The largest absolute Gasteiger partial charge is 0.373 e. The van der Waals surface area contributed by atoms with Crippen molar-refractivity contribution in [1.29, 1.82) is 0 Å². The Kier molecular flexibility index (Phi) is 6.00. The van der Waals surface area contributed by atoms with Gasteiger partial charge in [-0.1, -0.05) is 44.2 Å². The predicted octanol–water partition coefficient (Wildman–Crippen LogP) is 2.07. The lowest BCUT2D eigenvalue weighted by molar-refractivity contribution is -0.144. The number of likely N-dealkylation sites (tertiary alicyclic amines) is 1. The zero-order valence-electron chi connectivity index (χ0n) is 16.5. The molecule has 2 aliphatic rings. The van der Waals surface area contributed by atoms with E-state index in [4.69, 9.17) is 10.5 Å². The summed E-state index contributed by atoms with van der Waals surface area (Å²) in [5.74, 6) is 0.692. The Hall–Kier alpha value is -1.43. The number of ether oxygens (including phenoxy) is 1. The first-order valence-electron chi connectivity index (χ1n) is 9.85. The highest BCUT2D eigenvalue weighted by Crippen LogP contribution is 2.29. The number of carbonyl (C=O) groups is 1. The molecule has 1 aromatic rings. The Morgan fingerprint density at radius 3 is 2.27 bits per heavy atom. The van der Waals surface area contributed by atoms with Gasteiger partial charge >= 0.3 is 0 Å². The Morgan fingerprint density at radius 2 is 1.69 bits per heavy atom. The van der Waals surface area contributed by atoms with Gasteiger partial charge in [0.25, 0.3) is 0 Å². The van der Waals surface area contributed by atoms with E-state index >= 15 is 0 Å². The lowest BCUT2D eigenvalue weighted by Gasteiger charge is -2.42. The monoisotopic (exact) mass is 359 g/mol. The summed E-state index contributed by atoms with van der Waals surface area (Å²) in [6.07, 6.45) is 0.316. The first kappa shape index (κ1) is 19.3. The molecule has 2 saturated heterocycles. The molecule has 0 aromatic heterocycles. The molecule has 2 heterocycles. The molecule has 0 radical (unpaired) electrons. The normalized spacial score (nSPS) is 31.4. The zero-order chi connectivity index (χ0) is 18.8. The number of carbonyl (C=O) groups excluding carboxylic acids is 1. The van der Waals surface area contributed by atoms with Gasteiger partial charge in [-0.25, -0.2) is 0 Å². The van der Waals surface area contributed by atoms with Crippen molar-refractivity contribution < 1.29 is 9.53 Å². The molecule has 5 heteroatoms. The molecule has 2 N–H and O–H groups in total. The lowest BCUT2D eigenvalue weighted by Crippen LogP contribution is -2.57. The molecule has 2 aliphatic heterocycles. The van der Waals surface area contributed by atoms with Gasteiger partial charge in [0.2, 0.25) is 5.91 Å². The van der Waals surface area contributed by atoms with Crippen LogP contribution in [0.5, 0.6) is 0 Å². The van der Waals surface area contributed by atoms with Crippen LogP contribution in [0.4, 0.5) is 0 Å². The third-order valence-corrected chi connectivity index (χ3v) is 5.63. The molecule has 1 aromatic carbocycles. The summed E-state index contributed by atoms with van der Waals surface area (Å²) >= 11 is 0. The molecule has 2 fully saturated rings. The van der Waals surface area contributed by atoms with Crippen molar-refractivity contribution in [3.05, 3.63) is 35.9 Å². The third-order valence-electron chi connectivity index (χ3n) is 5.63. The molecule has 144 valence electrons. The Bertz CT molecular complexity index is 597. The van der Waals surface area contributed by atoms with E-state index in [-0.39, 0.29) is 42.0 Å². The number of hydrogen-bond donors (Lipinski definition) is 1. The quantitative estimate of drug-likeness (QED) is 0.894. The zero-order valence-corrected chi connectivity index (χ0v) is 16.5. The van der Waals surface area contributed by atoms with Crippen LogP contribution in [-0.2, 0) is 9.53 Å². The second-order valence-electron chi connectivity index (χ2n) is 8.32. The van der Waals surface area contributed by atoms with Crippen LogP contribution in [-0.4, -0.2) is 66.2 Å². The third kappa shape index (κ3) is 4.11. The van der Waals surface area contributed by atoms with E-state index in [1.807, 2.05) is 23.1 Å². The van der Waals surface area contributed by atoms with Gasteiger partial charge in [-0.3, -0.25) is 9.69 Å². The van der Waals surface area contributed by atoms with Crippen molar-refractivity contribution in [2.45, 2.75) is 57.9 Å². The topological polar surface area (TPSA) is 58.8 Å². The second-order valence-corrected chi connectivity index (χ2v) is 8.32. The second kappa shape index (κ2) is 8.07. The molecule has 3 unspecified atom stereocenters. The summed E-state index contributed by atoms with van der Waals surface area (Å²) in [6, 6.07) is 10.2. The smallest absolute Gasteiger partial charge is 0.240 e. The number of nitrogens with zero attached hydrogens (tertiary/aromatic N) is 2. The van der Waals surface area contributed by atoms with Gasteiger partial charge in [0.05, 0.1) is 18.2 Å². The standard InChI is InChI=1S/C21H33N3O2/c1-14(2)20(23-10-15(3)26-16(4)11-23)21(25)24-12-18(19(22)13-24)17-8-6-5-7-9-17/h5-9,14-16,18-20H,10-13,22H2,1-4H3/t15?,16?,18-,19+,20?/m0/s1. The first-order chi connectivity index (χ1) is 12.4. The maximum absolute atomic E-state index is 13.4. The Balaban J connectivity index is 1.74. The average Bonchev–Trinajstić information content (AvgIpc) is 2.96. The van der Waals surface area contributed by atoms with E-state index in [1.54, 1.807) is 0 Å². The molecular formula is C21H33N3O2. The van der Waals surface area contributed by atoms with Crippen LogP contribution in [0.15, 0.2) is 30.3 Å². The van der Waals surface area contributed by atoms with Crippen LogP contribution < -0.4 is 5.73 Å². The molecule has 5 nitrogen and oxygen atoms in total. The summed E-state index contributed by atoms with van der Waals surface area (Å²) in [7, 11) is 0. The predicted molar refractivity (Wildman–Crippen MR) is 104 cm³/mol. The van der Waals surface area contributed by atoms with Crippen LogP contribution in [0, 0.1) is 5.92 Å². The highest BCUT2D eigenvalue weighted by atomic mass is 16.5. The van der Waals surface area contributed by atoms with Crippen LogP contribution in [0.2, 0.25) is 0 Å². The Labute approximate surface area is 157 Å². The van der Waals surface area contributed by atoms with Crippen molar-refractivity contribution in [3.63, 3.8) is 0 Å². The van der Waals surface area contributed by atoms with Gasteiger partial charge < -0.3 is 15.4 Å². The molecule has 0 saturated carbocycles. The van der Waals surface area contributed by atoms with Crippen LogP contribution in [0.3, 0.4) is 0 Å². The molecule has 0 bridgehead atoms. The molecule has 1 amide bonds. The SMILES string of the molecule is CC1CN(C(C(=O)N2C[C@@H](N)[C@H](c3ccccc3)C2)C(C)C)CC(C)O1. The van der Waals surface area contributed by atoms with Gasteiger partial charge in [-0.05, 0) is 25.3 Å². The number of hydrogen-bond acceptors (Lipinski definition) is 4. The van der Waals surface area contributed by atoms with Crippen molar-refractivity contribution in [3.8, 4) is 0 Å². The van der Waals surface area contributed by atoms with Crippen molar-refractivity contribution >= 4 is 5.91 Å². The van der Waals surface area contributed by atoms with E-state index in [9.17, 15) is 4.79 Å². The lowest BCUT2D eigenvalue weighted by atomic mass is 9.95. The minimum Gasteiger partial charge on any atom is -0.373 e. The van der Waals surface area contributed by atoms with Crippen LogP contribution in [0.1, 0.15) is 39.2 Å². The fraction of sp³-hybridized carbons (Fsp3) is 0.667.